The number of hydrogen-bond donors (Lipinski definition) is 0. The summed E-state index contributed by atoms with van der Waals surface area (Å²) in [6.07, 6.45) is 0. The molecule has 0 fully saturated rings. The van der Waals surface area contributed by atoms with Gasteiger partial charge in [0.25, 0.3) is 0 Å². The van der Waals surface area contributed by atoms with Gasteiger partial charge in [-0.15, -0.1) is 0 Å². The molecule has 0 radical (unpaired) electrons. The molecule has 7 nitrogen and oxygen atoms in total. The molecule has 0 atom stereocenters. The van der Waals surface area contributed by atoms with Gasteiger partial charge in [0.05, 0.1) is 89.4 Å². The van der Waals surface area contributed by atoms with Crippen molar-refractivity contribution in [1.82, 2.24) is 28.2 Å². The van der Waals surface area contributed by atoms with Gasteiger partial charge in [-0.25, -0.2) is 9.97 Å². The molecule has 0 N–H and O–H groups in total. The van der Waals surface area contributed by atoms with Crippen LogP contribution in [0.25, 0.3) is 155 Å². The van der Waals surface area contributed by atoms with Crippen LogP contribution >= 0.6 is 0 Å². The molecule has 416 valence electrons. The Kier molecular flexibility index (Phi) is 11.0. The van der Waals surface area contributed by atoms with E-state index in [0.29, 0.717) is 11.5 Å². The molecule has 87 heavy (non-hydrogen) atoms. The number of pyridine rings is 1. The lowest BCUT2D eigenvalue weighted by molar-refractivity contribution is 0.619. The number of para-hydroxylation sites is 2. The van der Waals surface area contributed by atoms with Gasteiger partial charge in [-0.3, -0.25) is 0 Å². The van der Waals surface area contributed by atoms with Gasteiger partial charge in [0, 0.05) is 48.7 Å². The Bertz CT molecular complexity index is 5250. The van der Waals surface area contributed by atoms with E-state index < -0.39 is 0 Å². The predicted octanol–water partition coefficient (Wildman–Crippen LogP) is 21.1. The molecule has 0 unspecified atom stereocenters. The monoisotopic (exact) mass is 1120 g/mol. The van der Waals surface area contributed by atoms with Gasteiger partial charge in [-0.05, 0) is 177 Å². The van der Waals surface area contributed by atoms with Crippen LogP contribution in [0.1, 0.15) is 44.5 Å². The fraction of sp³-hybridized carbons (Fsp3) is 0.100. The van der Waals surface area contributed by atoms with Gasteiger partial charge >= 0.3 is 0 Å². The van der Waals surface area contributed by atoms with Crippen molar-refractivity contribution in [2.75, 3.05) is 0 Å². The minimum Gasteiger partial charge on any atom is -0.436 e. The number of aromatic nitrogens is 6. The highest BCUT2D eigenvalue weighted by Crippen LogP contribution is 2.55. The molecule has 17 aromatic rings. The summed E-state index contributed by atoms with van der Waals surface area (Å²) in [5.74, 6) is 0.490. The highest BCUT2D eigenvalue weighted by molar-refractivity contribution is 6.19. The number of benzene rings is 11. The van der Waals surface area contributed by atoms with Crippen molar-refractivity contribution < 1.29 is 4.42 Å². The van der Waals surface area contributed by atoms with Crippen LogP contribution in [0.15, 0.2) is 223 Å². The molecular formula is C80H60N6O. The normalized spacial score (nSPS) is 12.1. The van der Waals surface area contributed by atoms with E-state index in [0.717, 1.165) is 144 Å². The minimum absolute atomic E-state index is 0.490. The molecular weight excluding hydrogens is 1060 g/mol. The first kappa shape index (κ1) is 50.7. The first-order chi connectivity index (χ1) is 42.4. The van der Waals surface area contributed by atoms with Crippen LogP contribution in [0.3, 0.4) is 0 Å². The quantitative estimate of drug-likeness (QED) is 0.160. The van der Waals surface area contributed by atoms with Gasteiger partial charge < -0.3 is 22.7 Å². The maximum absolute atomic E-state index is 7.56. The van der Waals surface area contributed by atoms with Crippen LogP contribution in [-0.2, 0) is 0 Å². The SMILES string of the molecule is Cc1ccc2c(c1)c1cc(C)ccc1n2-c1c(-c2cccc(-c3ccccc3)n2)c(-n2c3ccc(C)cc3c3cc(C)ccc32)c(-n2c3ccc(C)cc3c3cc(C)ccc32)c(-c2nc3ccccc3o2)c1-n1c2ccc(C)cc2c2cc(C)ccc21. The second-order valence-corrected chi connectivity index (χ2v) is 24.4. The third kappa shape index (κ3) is 7.61. The summed E-state index contributed by atoms with van der Waals surface area (Å²) >= 11 is 0. The van der Waals surface area contributed by atoms with E-state index >= 15 is 0 Å². The Morgan fingerprint density at radius 2 is 0.563 bits per heavy atom. The van der Waals surface area contributed by atoms with E-state index in [9.17, 15) is 0 Å². The van der Waals surface area contributed by atoms with Crippen LogP contribution in [-0.4, -0.2) is 28.2 Å². The molecule has 0 spiro atoms. The predicted molar refractivity (Wildman–Crippen MR) is 363 cm³/mol. The summed E-state index contributed by atoms with van der Waals surface area (Å²) in [4.78, 5) is 11.8. The van der Waals surface area contributed by atoms with Crippen molar-refractivity contribution in [2.24, 2.45) is 0 Å². The lowest BCUT2D eigenvalue weighted by Crippen LogP contribution is -2.16. The Labute approximate surface area is 503 Å². The number of aryl methyl sites for hydroxylation is 8. The zero-order valence-corrected chi connectivity index (χ0v) is 49.9. The Morgan fingerprint density at radius 3 is 0.897 bits per heavy atom. The highest BCUT2D eigenvalue weighted by Gasteiger charge is 2.38. The zero-order chi connectivity index (χ0) is 58.7. The summed E-state index contributed by atoms with van der Waals surface area (Å²) in [7, 11) is 0. The molecule has 11 aromatic carbocycles. The van der Waals surface area contributed by atoms with E-state index in [1.807, 2.05) is 12.1 Å². The second kappa shape index (κ2) is 18.9. The molecule has 0 saturated heterocycles. The van der Waals surface area contributed by atoms with E-state index in [1.165, 1.54) is 44.5 Å². The zero-order valence-electron chi connectivity index (χ0n) is 49.9. The van der Waals surface area contributed by atoms with Gasteiger partial charge in [-0.2, -0.15) is 0 Å². The average molecular weight is 1120 g/mol. The first-order valence-electron chi connectivity index (χ1n) is 30.1. The van der Waals surface area contributed by atoms with Crippen LogP contribution < -0.4 is 0 Å². The molecule has 7 heteroatoms. The van der Waals surface area contributed by atoms with Crippen molar-refractivity contribution in [1.29, 1.82) is 0 Å². The molecule has 0 amide bonds. The summed E-state index contributed by atoms with van der Waals surface area (Å²) in [6.45, 7) is 17.6. The smallest absolute Gasteiger partial charge is 0.231 e. The van der Waals surface area contributed by atoms with Crippen molar-refractivity contribution in [2.45, 2.75) is 55.4 Å². The minimum atomic E-state index is 0.490. The largest absolute Gasteiger partial charge is 0.436 e. The van der Waals surface area contributed by atoms with E-state index in [2.05, 4.69) is 280 Å². The van der Waals surface area contributed by atoms with E-state index in [1.54, 1.807) is 0 Å². The lowest BCUT2D eigenvalue weighted by Gasteiger charge is -2.30. The average Bonchev–Trinajstić information content (AvgIpc) is 1.62. The number of nitrogens with zero attached hydrogens (tertiary/aromatic N) is 6. The van der Waals surface area contributed by atoms with Crippen LogP contribution in [0.5, 0.6) is 0 Å². The number of rotatable bonds is 7. The van der Waals surface area contributed by atoms with E-state index in [4.69, 9.17) is 14.4 Å². The molecule has 0 aliphatic carbocycles. The van der Waals surface area contributed by atoms with Crippen LogP contribution in [0.2, 0.25) is 0 Å². The summed E-state index contributed by atoms with van der Waals surface area (Å²) in [5.41, 5.74) is 27.5. The molecule has 6 heterocycles. The maximum Gasteiger partial charge on any atom is 0.231 e. The molecule has 17 rings (SSSR count). The Balaban J connectivity index is 1.27. The number of oxazole rings is 1. The van der Waals surface area contributed by atoms with Gasteiger partial charge in [0.15, 0.2) is 5.58 Å². The summed E-state index contributed by atoms with van der Waals surface area (Å²) < 4.78 is 17.8. The third-order valence-corrected chi connectivity index (χ3v) is 18.2. The fourth-order valence-corrected chi connectivity index (χ4v) is 14.3. The number of fused-ring (bicyclic) bond motifs is 13. The Hall–Kier alpha value is -10.8. The van der Waals surface area contributed by atoms with Crippen molar-refractivity contribution in [3.05, 3.63) is 263 Å². The molecule has 6 aromatic heterocycles. The fourth-order valence-electron chi connectivity index (χ4n) is 14.3. The van der Waals surface area contributed by atoms with Crippen molar-refractivity contribution in [3.8, 4) is 56.7 Å². The first-order valence-corrected chi connectivity index (χ1v) is 30.1. The van der Waals surface area contributed by atoms with Crippen molar-refractivity contribution >= 4 is 98.3 Å². The topological polar surface area (TPSA) is 58.6 Å². The van der Waals surface area contributed by atoms with Gasteiger partial charge in [-0.1, -0.05) is 142 Å². The molecule has 0 saturated carbocycles. The third-order valence-electron chi connectivity index (χ3n) is 18.2. The molecule has 0 aliphatic heterocycles. The van der Waals surface area contributed by atoms with Crippen LogP contribution in [0, 0.1) is 55.4 Å². The number of hydrogen-bond acceptors (Lipinski definition) is 3. The van der Waals surface area contributed by atoms with Gasteiger partial charge in [0.1, 0.15) is 5.52 Å². The summed E-state index contributed by atoms with van der Waals surface area (Å²) in [5, 5.41) is 9.27. The Morgan fingerprint density at radius 1 is 0.264 bits per heavy atom. The molecule has 0 aliphatic rings. The lowest BCUT2D eigenvalue weighted by atomic mass is 9.94. The standard InChI is InChI=1S/C80H60N6O/c1-45-21-29-65-54(37-45)55-38-46(2)22-30-66(55)83(65)76-74(64-19-14-18-62(81-64)53-15-10-9-11-16-53)77(84-67-31-23-47(3)39-56(67)57-40-48(4)24-32-68(57)84)79(86-71-35-27-51(7)43-60(71)61-44-52(8)28-36-72(61)86)75(80-82-63-17-12-13-20-73(63)87-80)78(76)85-69-33-25-49(5)41-58(69)59-42-50(6)26-34-70(59)85/h9-44H,1-8H3. The maximum atomic E-state index is 7.56. The highest BCUT2D eigenvalue weighted by atomic mass is 16.3. The second-order valence-electron chi connectivity index (χ2n) is 24.4. The van der Waals surface area contributed by atoms with Crippen LogP contribution in [0.4, 0.5) is 0 Å². The summed E-state index contributed by atoms with van der Waals surface area (Å²) in [6, 6.07) is 81.0. The van der Waals surface area contributed by atoms with Crippen molar-refractivity contribution in [3.63, 3.8) is 0 Å². The molecule has 0 bridgehead atoms. The van der Waals surface area contributed by atoms with Gasteiger partial charge in [0.2, 0.25) is 5.89 Å². The van der Waals surface area contributed by atoms with E-state index in [-0.39, 0.29) is 0 Å².